The fourth-order valence-corrected chi connectivity index (χ4v) is 1.30. The summed E-state index contributed by atoms with van der Waals surface area (Å²) in [5.41, 5.74) is 0.715. The molecule has 0 saturated carbocycles. The van der Waals surface area contributed by atoms with Gasteiger partial charge in [-0.05, 0) is 13.8 Å². The van der Waals surface area contributed by atoms with Crippen LogP contribution in [-0.4, -0.2) is 35.4 Å². The maximum absolute atomic E-state index is 11.5. The van der Waals surface area contributed by atoms with Crippen LogP contribution >= 0.6 is 0 Å². The van der Waals surface area contributed by atoms with Gasteiger partial charge in [-0.2, -0.15) is 5.10 Å². The summed E-state index contributed by atoms with van der Waals surface area (Å²) in [5.74, 6) is -1.21. The van der Waals surface area contributed by atoms with Crippen molar-refractivity contribution in [3.8, 4) is 0 Å². The summed E-state index contributed by atoms with van der Waals surface area (Å²) in [5, 5.41) is 3.94. The largest absolute Gasteiger partial charge is 0.465 e. The maximum Gasteiger partial charge on any atom is 0.359 e. The number of nitrogens with zero attached hydrogens (tertiary/aromatic N) is 2. The van der Waals surface area contributed by atoms with E-state index in [2.05, 4.69) is 9.84 Å². The molecule has 0 aliphatic rings. The molecule has 0 amide bonds. The summed E-state index contributed by atoms with van der Waals surface area (Å²) in [6.45, 7) is 3.60. The van der Waals surface area contributed by atoms with E-state index in [1.165, 1.54) is 11.8 Å². The first-order valence-electron chi connectivity index (χ1n) is 4.81. The van der Waals surface area contributed by atoms with E-state index in [9.17, 15) is 9.59 Å². The van der Waals surface area contributed by atoms with Crippen molar-refractivity contribution in [1.29, 1.82) is 0 Å². The SMILES string of the molecule is CCOC(=O)c1nn(C)c(C)c1C(=O)OC. The van der Waals surface area contributed by atoms with Gasteiger partial charge >= 0.3 is 11.9 Å². The molecule has 0 aliphatic heterocycles. The van der Waals surface area contributed by atoms with Gasteiger partial charge < -0.3 is 9.47 Å². The Morgan fingerprint density at radius 2 is 2.00 bits per heavy atom. The van der Waals surface area contributed by atoms with Crippen LogP contribution in [0.25, 0.3) is 0 Å². The zero-order valence-electron chi connectivity index (χ0n) is 9.73. The molecule has 0 aliphatic carbocycles. The van der Waals surface area contributed by atoms with Crippen LogP contribution in [0.15, 0.2) is 0 Å². The number of carbonyl (C=O) groups is 2. The average Bonchev–Trinajstić information content (AvgIpc) is 2.55. The highest BCUT2D eigenvalue weighted by molar-refractivity contribution is 6.02. The number of carbonyl (C=O) groups excluding carboxylic acids is 2. The Balaban J connectivity index is 3.23. The number of hydrogen-bond acceptors (Lipinski definition) is 5. The first kappa shape index (κ1) is 12.2. The van der Waals surface area contributed by atoms with Gasteiger partial charge in [-0.15, -0.1) is 0 Å². The van der Waals surface area contributed by atoms with Crippen LogP contribution in [0.3, 0.4) is 0 Å². The molecule has 0 aromatic carbocycles. The summed E-state index contributed by atoms with van der Waals surface area (Å²) < 4.78 is 10.9. The van der Waals surface area contributed by atoms with E-state index in [0.29, 0.717) is 5.69 Å². The number of aryl methyl sites for hydroxylation is 1. The molecule has 6 nitrogen and oxygen atoms in total. The number of hydrogen-bond donors (Lipinski definition) is 0. The van der Waals surface area contributed by atoms with E-state index in [1.54, 1.807) is 20.9 Å². The molecule has 1 heterocycles. The molecule has 1 aromatic rings. The molecule has 1 aromatic heterocycles. The van der Waals surface area contributed by atoms with Gasteiger partial charge in [0, 0.05) is 7.05 Å². The van der Waals surface area contributed by atoms with Gasteiger partial charge in [0.05, 0.1) is 19.4 Å². The highest BCUT2D eigenvalue weighted by Crippen LogP contribution is 2.15. The lowest BCUT2D eigenvalue weighted by molar-refractivity contribution is 0.0498. The molecular formula is C10H14N2O4. The van der Waals surface area contributed by atoms with Gasteiger partial charge in [-0.3, -0.25) is 4.68 Å². The summed E-state index contributed by atoms with van der Waals surface area (Å²) >= 11 is 0. The lowest BCUT2D eigenvalue weighted by atomic mass is 10.2. The van der Waals surface area contributed by atoms with Gasteiger partial charge in [0.15, 0.2) is 5.69 Å². The predicted octanol–water partition coefficient (Wildman–Crippen LogP) is 0.692. The molecule has 0 radical (unpaired) electrons. The fraction of sp³-hybridized carbons (Fsp3) is 0.500. The third-order valence-electron chi connectivity index (χ3n) is 2.19. The Kier molecular flexibility index (Phi) is 3.65. The molecule has 16 heavy (non-hydrogen) atoms. The van der Waals surface area contributed by atoms with Crippen molar-refractivity contribution in [2.75, 3.05) is 13.7 Å². The Labute approximate surface area is 93.1 Å². The minimum atomic E-state index is -0.619. The van der Waals surface area contributed by atoms with Crippen molar-refractivity contribution in [3.05, 3.63) is 17.0 Å². The monoisotopic (exact) mass is 226 g/mol. The number of methoxy groups -OCH3 is 1. The summed E-state index contributed by atoms with van der Waals surface area (Å²) in [6.07, 6.45) is 0. The van der Waals surface area contributed by atoms with Gasteiger partial charge in [-0.1, -0.05) is 0 Å². The van der Waals surface area contributed by atoms with Gasteiger partial charge in [-0.25, -0.2) is 9.59 Å². The minimum Gasteiger partial charge on any atom is -0.465 e. The molecule has 1 rings (SSSR count). The standard InChI is InChI=1S/C10H14N2O4/c1-5-16-10(14)8-7(9(13)15-4)6(2)12(3)11-8/h5H2,1-4H3. The van der Waals surface area contributed by atoms with Crippen molar-refractivity contribution in [2.45, 2.75) is 13.8 Å². The highest BCUT2D eigenvalue weighted by atomic mass is 16.5. The number of ether oxygens (including phenoxy) is 2. The lowest BCUT2D eigenvalue weighted by Gasteiger charge is -2.01. The third-order valence-corrected chi connectivity index (χ3v) is 2.19. The van der Waals surface area contributed by atoms with Crippen LogP contribution < -0.4 is 0 Å². The summed E-state index contributed by atoms with van der Waals surface area (Å²) in [7, 11) is 2.90. The van der Waals surface area contributed by atoms with Crippen molar-refractivity contribution in [1.82, 2.24) is 9.78 Å². The third kappa shape index (κ3) is 2.05. The van der Waals surface area contributed by atoms with Gasteiger partial charge in [0.25, 0.3) is 0 Å². The van der Waals surface area contributed by atoms with Crippen molar-refractivity contribution in [3.63, 3.8) is 0 Å². The Bertz CT molecular complexity index is 423. The second kappa shape index (κ2) is 4.78. The molecule has 6 heteroatoms. The van der Waals surface area contributed by atoms with E-state index in [4.69, 9.17) is 4.74 Å². The number of aromatic nitrogens is 2. The first-order valence-corrected chi connectivity index (χ1v) is 4.81. The fourth-order valence-electron chi connectivity index (χ4n) is 1.30. The quantitative estimate of drug-likeness (QED) is 0.709. The Morgan fingerprint density at radius 3 is 2.50 bits per heavy atom. The highest BCUT2D eigenvalue weighted by Gasteiger charge is 2.26. The van der Waals surface area contributed by atoms with Crippen LogP contribution in [-0.2, 0) is 16.5 Å². The van der Waals surface area contributed by atoms with Crippen LogP contribution in [0.1, 0.15) is 33.5 Å². The topological polar surface area (TPSA) is 70.4 Å². The molecule has 0 saturated heterocycles. The second-order valence-corrected chi connectivity index (χ2v) is 3.14. The Morgan fingerprint density at radius 1 is 1.38 bits per heavy atom. The number of esters is 2. The van der Waals surface area contributed by atoms with E-state index < -0.39 is 11.9 Å². The summed E-state index contributed by atoms with van der Waals surface area (Å²) in [6, 6.07) is 0. The van der Waals surface area contributed by atoms with Crippen molar-refractivity contribution < 1.29 is 19.1 Å². The average molecular weight is 226 g/mol. The zero-order valence-corrected chi connectivity index (χ0v) is 9.73. The number of rotatable bonds is 3. The van der Waals surface area contributed by atoms with Crippen LogP contribution in [0, 0.1) is 6.92 Å². The van der Waals surface area contributed by atoms with Crippen LogP contribution in [0.4, 0.5) is 0 Å². The first-order chi connectivity index (χ1) is 7.52. The molecule has 0 fully saturated rings. The maximum atomic E-state index is 11.5. The van der Waals surface area contributed by atoms with Crippen molar-refractivity contribution in [2.24, 2.45) is 7.05 Å². The van der Waals surface area contributed by atoms with Crippen LogP contribution in [0.2, 0.25) is 0 Å². The molecule has 0 unspecified atom stereocenters. The smallest absolute Gasteiger partial charge is 0.359 e. The zero-order chi connectivity index (χ0) is 12.3. The minimum absolute atomic E-state index is 0.00583. The summed E-state index contributed by atoms with van der Waals surface area (Å²) in [4.78, 5) is 23.0. The van der Waals surface area contributed by atoms with E-state index in [0.717, 1.165) is 0 Å². The van der Waals surface area contributed by atoms with Gasteiger partial charge in [0.1, 0.15) is 5.56 Å². The molecular weight excluding hydrogens is 212 g/mol. The van der Waals surface area contributed by atoms with E-state index in [-0.39, 0.29) is 17.9 Å². The van der Waals surface area contributed by atoms with Crippen LogP contribution in [0.5, 0.6) is 0 Å². The predicted molar refractivity (Wildman–Crippen MR) is 55.2 cm³/mol. The second-order valence-electron chi connectivity index (χ2n) is 3.14. The molecule has 0 bridgehead atoms. The van der Waals surface area contributed by atoms with Gasteiger partial charge in [0.2, 0.25) is 0 Å². The lowest BCUT2D eigenvalue weighted by Crippen LogP contribution is -2.12. The molecule has 88 valence electrons. The van der Waals surface area contributed by atoms with Crippen molar-refractivity contribution >= 4 is 11.9 Å². The molecule has 0 N–H and O–H groups in total. The molecule has 0 atom stereocenters. The van der Waals surface area contributed by atoms with E-state index >= 15 is 0 Å². The Hall–Kier alpha value is -1.85. The normalized spacial score (nSPS) is 10.0. The van der Waals surface area contributed by atoms with E-state index in [1.807, 2.05) is 0 Å². The molecule has 0 spiro atoms.